The lowest BCUT2D eigenvalue weighted by atomic mass is 10.1. The van der Waals surface area contributed by atoms with Crippen molar-refractivity contribution in [2.45, 2.75) is 6.54 Å². The second-order valence-corrected chi connectivity index (χ2v) is 4.15. The smallest absolute Gasteiger partial charge is 0.248 e. The minimum absolute atomic E-state index is 0.425. The normalized spacial score (nSPS) is 10.1. The molecule has 0 atom stereocenters. The summed E-state index contributed by atoms with van der Waals surface area (Å²) in [6.07, 6.45) is 0. The first-order chi connectivity index (χ1) is 8.65. The average Bonchev–Trinajstić information content (AvgIpc) is 2.37. The van der Waals surface area contributed by atoms with Crippen molar-refractivity contribution in [3.05, 3.63) is 58.7 Å². The summed E-state index contributed by atoms with van der Waals surface area (Å²) in [5, 5.41) is 3.59. The predicted octanol–water partition coefficient (Wildman–Crippen LogP) is 2.45. The van der Waals surface area contributed by atoms with Crippen molar-refractivity contribution in [2.24, 2.45) is 5.73 Å². The second-order valence-electron chi connectivity index (χ2n) is 3.76. The molecule has 0 radical (unpaired) electrons. The fourth-order valence-electron chi connectivity index (χ4n) is 1.49. The molecule has 0 fully saturated rings. The Labute approximate surface area is 110 Å². The van der Waals surface area contributed by atoms with E-state index in [2.05, 4.69) is 10.3 Å². The van der Waals surface area contributed by atoms with Crippen LogP contribution in [0.2, 0.25) is 5.15 Å². The molecule has 0 unspecified atom stereocenters. The Kier molecular flexibility index (Phi) is 3.79. The lowest BCUT2D eigenvalue weighted by Crippen LogP contribution is -2.10. The number of nitrogens with zero attached hydrogens (tertiary/aromatic N) is 1. The number of carbonyl (C=O) groups excluding carboxylic acids is 1. The molecule has 0 aliphatic heterocycles. The van der Waals surface area contributed by atoms with Crippen LogP contribution in [0.5, 0.6) is 0 Å². The maximum atomic E-state index is 10.9. The fraction of sp³-hybridized carbons (Fsp3) is 0.0769. The van der Waals surface area contributed by atoms with Crippen molar-refractivity contribution >= 4 is 23.3 Å². The van der Waals surface area contributed by atoms with Gasteiger partial charge < -0.3 is 11.1 Å². The van der Waals surface area contributed by atoms with E-state index in [-0.39, 0.29) is 0 Å². The highest BCUT2D eigenvalue weighted by atomic mass is 35.5. The van der Waals surface area contributed by atoms with E-state index in [1.807, 2.05) is 24.3 Å². The first kappa shape index (κ1) is 12.4. The number of nitrogens with two attached hydrogens (primary N) is 1. The quantitative estimate of drug-likeness (QED) is 0.831. The van der Waals surface area contributed by atoms with Crippen LogP contribution in [0.1, 0.15) is 15.9 Å². The largest absolute Gasteiger partial charge is 0.366 e. The topological polar surface area (TPSA) is 68.0 Å². The Hall–Kier alpha value is -2.07. The van der Waals surface area contributed by atoms with Crippen LogP contribution in [-0.4, -0.2) is 10.9 Å². The summed E-state index contributed by atoms with van der Waals surface area (Å²) in [7, 11) is 0. The highest BCUT2D eigenvalue weighted by Gasteiger charge is 2.00. The molecule has 5 heteroatoms. The number of carbonyl (C=O) groups is 1. The second kappa shape index (κ2) is 5.51. The molecule has 1 heterocycles. The molecular weight excluding hydrogens is 250 g/mol. The van der Waals surface area contributed by atoms with Gasteiger partial charge in [-0.05, 0) is 29.8 Å². The van der Waals surface area contributed by atoms with Crippen LogP contribution < -0.4 is 11.1 Å². The Morgan fingerprint density at radius 2 is 1.94 bits per heavy atom. The standard InChI is InChI=1S/C13H12ClN3O/c14-11-2-1-3-12(17-11)16-8-9-4-6-10(7-5-9)13(15)18/h1-7H,8H2,(H2,15,18)(H,16,17). The SMILES string of the molecule is NC(=O)c1ccc(CNc2cccc(Cl)n2)cc1. The summed E-state index contributed by atoms with van der Waals surface area (Å²) < 4.78 is 0. The van der Waals surface area contributed by atoms with Gasteiger partial charge in [-0.25, -0.2) is 4.98 Å². The zero-order valence-corrected chi connectivity index (χ0v) is 10.3. The van der Waals surface area contributed by atoms with Crippen LogP contribution in [0.4, 0.5) is 5.82 Å². The van der Waals surface area contributed by atoms with Crippen molar-refractivity contribution < 1.29 is 4.79 Å². The van der Waals surface area contributed by atoms with Crippen molar-refractivity contribution in [3.8, 4) is 0 Å². The molecule has 0 saturated carbocycles. The highest BCUT2D eigenvalue weighted by Crippen LogP contribution is 2.11. The molecule has 0 aliphatic rings. The number of halogens is 1. The highest BCUT2D eigenvalue weighted by molar-refractivity contribution is 6.29. The van der Waals surface area contributed by atoms with E-state index in [9.17, 15) is 4.79 Å². The predicted molar refractivity (Wildman–Crippen MR) is 71.5 cm³/mol. The zero-order chi connectivity index (χ0) is 13.0. The van der Waals surface area contributed by atoms with E-state index in [0.717, 1.165) is 5.56 Å². The molecular formula is C13H12ClN3O. The van der Waals surface area contributed by atoms with Crippen molar-refractivity contribution in [3.63, 3.8) is 0 Å². The van der Waals surface area contributed by atoms with Crippen LogP contribution in [0.15, 0.2) is 42.5 Å². The van der Waals surface area contributed by atoms with Gasteiger partial charge in [0.2, 0.25) is 5.91 Å². The zero-order valence-electron chi connectivity index (χ0n) is 9.56. The van der Waals surface area contributed by atoms with E-state index in [1.54, 1.807) is 18.2 Å². The van der Waals surface area contributed by atoms with Crippen molar-refractivity contribution in [2.75, 3.05) is 5.32 Å². The monoisotopic (exact) mass is 261 g/mol. The van der Waals surface area contributed by atoms with Gasteiger partial charge in [0.25, 0.3) is 0 Å². The van der Waals surface area contributed by atoms with Gasteiger partial charge in [-0.1, -0.05) is 29.8 Å². The molecule has 92 valence electrons. The third kappa shape index (κ3) is 3.21. The molecule has 1 amide bonds. The van der Waals surface area contributed by atoms with Crippen molar-refractivity contribution in [1.82, 2.24) is 4.98 Å². The van der Waals surface area contributed by atoms with E-state index in [0.29, 0.717) is 23.1 Å². The Bertz CT molecular complexity index is 554. The number of benzene rings is 1. The molecule has 1 aromatic carbocycles. The molecule has 0 saturated heterocycles. The Morgan fingerprint density at radius 1 is 1.22 bits per heavy atom. The van der Waals surface area contributed by atoms with E-state index >= 15 is 0 Å². The number of rotatable bonds is 4. The summed E-state index contributed by atoms with van der Waals surface area (Å²) >= 11 is 5.78. The molecule has 18 heavy (non-hydrogen) atoms. The maximum Gasteiger partial charge on any atom is 0.248 e. The van der Waals surface area contributed by atoms with E-state index in [4.69, 9.17) is 17.3 Å². The molecule has 3 N–H and O–H groups in total. The summed E-state index contributed by atoms with van der Waals surface area (Å²) in [6.45, 7) is 0.604. The van der Waals surface area contributed by atoms with Crippen LogP contribution in [0.3, 0.4) is 0 Å². The molecule has 2 aromatic rings. The summed E-state index contributed by atoms with van der Waals surface area (Å²) in [6, 6.07) is 12.5. The number of hydrogen-bond donors (Lipinski definition) is 2. The van der Waals surface area contributed by atoms with Gasteiger partial charge in [0.05, 0.1) is 0 Å². The number of amides is 1. The van der Waals surface area contributed by atoms with Gasteiger partial charge in [-0.15, -0.1) is 0 Å². The molecule has 4 nitrogen and oxygen atoms in total. The van der Waals surface area contributed by atoms with Crippen LogP contribution in [0.25, 0.3) is 0 Å². The maximum absolute atomic E-state index is 10.9. The van der Waals surface area contributed by atoms with Gasteiger partial charge in [-0.2, -0.15) is 0 Å². The van der Waals surface area contributed by atoms with Crippen LogP contribution in [-0.2, 0) is 6.54 Å². The molecule has 1 aromatic heterocycles. The average molecular weight is 262 g/mol. The number of aromatic nitrogens is 1. The molecule has 0 bridgehead atoms. The minimum Gasteiger partial charge on any atom is -0.366 e. The van der Waals surface area contributed by atoms with Gasteiger partial charge in [-0.3, -0.25) is 4.79 Å². The lowest BCUT2D eigenvalue weighted by Gasteiger charge is -2.06. The van der Waals surface area contributed by atoms with Gasteiger partial charge >= 0.3 is 0 Å². The third-order valence-corrected chi connectivity index (χ3v) is 2.64. The molecule has 0 spiro atoms. The van der Waals surface area contributed by atoms with E-state index in [1.165, 1.54) is 0 Å². The van der Waals surface area contributed by atoms with Crippen LogP contribution >= 0.6 is 11.6 Å². The van der Waals surface area contributed by atoms with Crippen molar-refractivity contribution in [1.29, 1.82) is 0 Å². The Morgan fingerprint density at radius 3 is 2.56 bits per heavy atom. The molecule has 2 rings (SSSR count). The summed E-state index contributed by atoms with van der Waals surface area (Å²) in [5.74, 6) is 0.285. The molecule has 0 aliphatic carbocycles. The number of pyridine rings is 1. The van der Waals surface area contributed by atoms with Gasteiger partial charge in [0.1, 0.15) is 11.0 Å². The van der Waals surface area contributed by atoms with E-state index < -0.39 is 5.91 Å². The lowest BCUT2D eigenvalue weighted by molar-refractivity contribution is 0.100. The number of anilines is 1. The fourth-order valence-corrected chi connectivity index (χ4v) is 1.65. The summed E-state index contributed by atoms with van der Waals surface area (Å²) in [5.41, 5.74) is 6.70. The number of primary amides is 1. The summed E-state index contributed by atoms with van der Waals surface area (Å²) in [4.78, 5) is 15.0. The van der Waals surface area contributed by atoms with Crippen LogP contribution in [0, 0.1) is 0 Å². The first-order valence-corrected chi connectivity index (χ1v) is 5.78. The first-order valence-electron chi connectivity index (χ1n) is 5.40. The minimum atomic E-state index is -0.425. The Balaban J connectivity index is 2.00. The van der Waals surface area contributed by atoms with Gasteiger partial charge in [0.15, 0.2) is 0 Å². The van der Waals surface area contributed by atoms with Gasteiger partial charge in [0, 0.05) is 12.1 Å². The number of hydrogen-bond acceptors (Lipinski definition) is 3. The third-order valence-electron chi connectivity index (χ3n) is 2.43. The number of nitrogens with one attached hydrogen (secondary N) is 1.